The van der Waals surface area contributed by atoms with Gasteiger partial charge in [-0.2, -0.15) is 5.26 Å². The third-order valence-electron chi connectivity index (χ3n) is 3.66. The first-order valence-electron chi connectivity index (χ1n) is 6.35. The molecule has 1 aromatic carbocycles. The molecular weight excluding hydrogens is 262 g/mol. The Morgan fingerprint density at radius 1 is 1.40 bits per heavy atom. The van der Waals surface area contributed by atoms with E-state index in [2.05, 4.69) is 0 Å². The second-order valence-corrected chi connectivity index (χ2v) is 4.85. The van der Waals surface area contributed by atoms with Crippen molar-refractivity contribution in [3.05, 3.63) is 33.9 Å². The maximum atomic E-state index is 10.7. The highest BCUT2D eigenvalue weighted by molar-refractivity contribution is 5.63. The number of nitro groups is 1. The largest absolute Gasteiger partial charge is 0.365 e. The van der Waals surface area contributed by atoms with Crippen LogP contribution in [0, 0.1) is 21.4 Å². The Balaban J connectivity index is 1.88. The van der Waals surface area contributed by atoms with E-state index >= 15 is 0 Å². The van der Waals surface area contributed by atoms with Crippen molar-refractivity contribution in [2.24, 2.45) is 0 Å². The van der Waals surface area contributed by atoms with Crippen LogP contribution in [0.5, 0.6) is 0 Å². The van der Waals surface area contributed by atoms with Gasteiger partial charge >= 0.3 is 0 Å². The standard InChI is InChI=1S/C13H13N3O4/c14-8-10-7-11(16(17)18)1-2-12(10)15-4-3-13(9-15)19-5-6-20-13/h1-2,7H,3-6,9H2. The summed E-state index contributed by atoms with van der Waals surface area (Å²) < 4.78 is 11.3. The van der Waals surface area contributed by atoms with Gasteiger partial charge in [-0.3, -0.25) is 10.1 Å². The summed E-state index contributed by atoms with van der Waals surface area (Å²) >= 11 is 0. The molecule has 7 nitrogen and oxygen atoms in total. The van der Waals surface area contributed by atoms with Crippen LogP contribution in [0.25, 0.3) is 0 Å². The maximum absolute atomic E-state index is 10.7. The molecule has 0 N–H and O–H groups in total. The zero-order valence-corrected chi connectivity index (χ0v) is 10.7. The molecule has 1 aromatic rings. The molecule has 0 bridgehead atoms. The quantitative estimate of drug-likeness (QED) is 0.599. The van der Waals surface area contributed by atoms with Gasteiger partial charge in [0.25, 0.3) is 5.69 Å². The normalized spacial score (nSPS) is 20.2. The highest BCUT2D eigenvalue weighted by Gasteiger charge is 2.43. The van der Waals surface area contributed by atoms with Gasteiger partial charge in [-0.25, -0.2) is 0 Å². The molecule has 3 rings (SSSR count). The SMILES string of the molecule is N#Cc1cc([N+](=O)[O-])ccc1N1CCC2(C1)OCCO2. The summed E-state index contributed by atoms with van der Waals surface area (Å²) in [6.07, 6.45) is 0.731. The van der Waals surface area contributed by atoms with E-state index in [1.54, 1.807) is 6.07 Å². The summed E-state index contributed by atoms with van der Waals surface area (Å²) in [5.41, 5.74) is 0.913. The van der Waals surface area contributed by atoms with E-state index in [0.29, 0.717) is 37.6 Å². The van der Waals surface area contributed by atoms with E-state index < -0.39 is 10.7 Å². The number of hydrogen-bond donors (Lipinski definition) is 0. The molecule has 2 aliphatic heterocycles. The molecular formula is C13H13N3O4. The third kappa shape index (κ3) is 2.09. The summed E-state index contributed by atoms with van der Waals surface area (Å²) in [5.74, 6) is -0.575. The van der Waals surface area contributed by atoms with Crippen molar-refractivity contribution in [2.75, 3.05) is 31.2 Å². The molecule has 1 spiro atoms. The first-order valence-corrected chi connectivity index (χ1v) is 6.35. The first-order chi connectivity index (χ1) is 9.63. The molecule has 104 valence electrons. The lowest BCUT2D eigenvalue weighted by molar-refractivity contribution is -0.384. The van der Waals surface area contributed by atoms with Gasteiger partial charge in [0.05, 0.1) is 35.9 Å². The summed E-state index contributed by atoms with van der Waals surface area (Å²) in [6, 6.07) is 6.35. The van der Waals surface area contributed by atoms with E-state index in [1.165, 1.54) is 12.1 Å². The lowest BCUT2D eigenvalue weighted by atomic mass is 10.1. The molecule has 2 aliphatic rings. The van der Waals surface area contributed by atoms with Crippen LogP contribution in [0.15, 0.2) is 18.2 Å². The Kier molecular flexibility index (Phi) is 3.04. The van der Waals surface area contributed by atoms with E-state index in [1.807, 2.05) is 11.0 Å². The summed E-state index contributed by atoms with van der Waals surface area (Å²) in [6.45, 7) is 2.41. The minimum absolute atomic E-state index is 0.0763. The highest BCUT2D eigenvalue weighted by atomic mass is 16.7. The van der Waals surface area contributed by atoms with Crippen molar-refractivity contribution in [3.8, 4) is 6.07 Å². The van der Waals surface area contributed by atoms with Crippen molar-refractivity contribution in [1.82, 2.24) is 0 Å². The van der Waals surface area contributed by atoms with Crippen LogP contribution >= 0.6 is 0 Å². The molecule has 0 aromatic heterocycles. The molecule has 20 heavy (non-hydrogen) atoms. The first kappa shape index (κ1) is 12.8. The topological polar surface area (TPSA) is 88.6 Å². The Labute approximate surface area is 115 Å². The minimum Gasteiger partial charge on any atom is -0.365 e. The van der Waals surface area contributed by atoms with Gasteiger partial charge in [0, 0.05) is 25.1 Å². The number of rotatable bonds is 2. The highest BCUT2D eigenvalue weighted by Crippen LogP contribution is 2.35. The minimum atomic E-state index is -0.575. The number of nitrogens with zero attached hydrogens (tertiary/aromatic N) is 3. The van der Waals surface area contributed by atoms with Crippen LogP contribution in [-0.2, 0) is 9.47 Å². The molecule has 0 unspecified atom stereocenters. The Morgan fingerprint density at radius 2 is 2.15 bits per heavy atom. The zero-order chi connectivity index (χ0) is 14.2. The number of ether oxygens (including phenoxy) is 2. The molecule has 7 heteroatoms. The second kappa shape index (κ2) is 4.74. The zero-order valence-electron chi connectivity index (χ0n) is 10.7. The smallest absolute Gasteiger partial charge is 0.270 e. The fourth-order valence-electron chi connectivity index (χ4n) is 2.70. The van der Waals surface area contributed by atoms with Gasteiger partial charge in [0.1, 0.15) is 6.07 Å². The maximum Gasteiger partial charge on any atom is 0.270 e. The third-order valence-corrected chi connectivity index (χ3v) is 3.66. The lowest BCUT2D eigenvalue weighted by Crippen LogP contribution is -2.34. The van der Waals surface area contributed by atoms with Crippen LogP contribution in [0.3, 0.4) is 0 Å². The number of nitro benzene ring substituents is 1. The predicted molar refractivity (Wildman–Crippen MR) is 69.3 cm³/mol. The fourth-order valence-corrected chi connectivity index (χ4v) is 2.70. The second-order valence-electron chi connectivity index (χ2n) is 4.85. The van der Waals surface area contributed by atoms with Gasteiger partial charge in [-0.1, -0.05) is 0 Å². The van der Waals surface area contributed by atoms with Crippen LogP contribution < -0.4 is 4.90 Å². The van der Waals surface area contributed by atoms with Crippen LogP contribution in [-0.4, -0.2) is 37.0 Å². The molecule has 2 heterocycles. The Bertz CT molecular complexity index is 590. The molecule has 0 radical (unpaired) electrons. The summed E-state index contributed by atoms with van der Waals surface area (Å²) in [5, 5.41) is 19.9. The van der Waals surface area contributed by atoms with Crippen molar-refractivity contribution in [2.45, 2.75) is 12.2 Å². The van der Waals surface area contributed by atoms with Gasteiger partial charge in [0.15, 0.2) is 5.79 Å². The van der Waals surface area contributed by atoms with Gasteiger partial charge in [-0.15, -0.1) is 0 Å². The Hall–Kier alpha value is -2.17. The van der Waals surface area contributed by atoms with E-state index in [9.17, 15) is 15.4 Å². The molecule has 2 fully saturated rings. The summed E-state index contributed by atoms with van der Waals surface area (Å²) in [4.78, 5) is 12.2. The molecule has 0 aliphatic carbocycles. The van der Waals surface area contributed by atoms with Gasteiger partial charge in [0.2, 0.25) is 0 Å². The van der Waals surface area contributed by atoms with Crippen LogP contribution in [0.4, 0.5) is 11.4 Å². The monoisotopic (exact) mass is 275 g/mol. The average Bonchev–Trinajstić information content (AvgIpc) is 3.09. The number of anilines is 1. The average molecular weight is 275 g/mol. The summed E-state index contributed by atoms with van der Waals surface area (Å²) in [7, 11) is 0. The number of benzene rings is 1. The van der Waals surface area contributed by atoms with E-state index in [4.69, 9.17) is 9.47 Å². The van der Waals surface area contributed by atoms with Crippen LogP contribution in [0.1, 0.15) is 12.0 Å². The van der Waals surface area contributed by atoms with Crippen molar-refractivity contribution in [3.63, 3.8) is 0 Å². The van der Waals surface area contributed by atoms with Gasteiger partial charge in [-0.05, 0) is 6.07 Å². The molecule has 0 amide bonds. The van der Waals surface area contributed by atoms with Crippen molar-refractivity contribution in [1.29, 1.82) is 5.26 Å². The lowest BCUT2D eigenvalue weighted by Gasteiger charge is -2.24. The van der Waals surface area contributed by atoms with Crippen molar-refractivity contribution >= 4 is 11.4 Å². The molecule has 2 saturated heterocycles. The fraction of sp³-hybridized carbons (Fsp3) is 0.462. The molecule has 0 saturated carbocycles. The number of nitriles is 1. The number of non-ortho nitro benzene ring substituents is 1. The van der Waals surface area contributed by atoms with Crippen LogP contribution in [0.2, 0.25) is 0 Å². The Morgan fingerprint density at radius 3 is 2.80 bits per heavy atom. The number of hydrogen-bond acceptors (Lipinski definition) is 6. The van der Waals surface area contributed by atoms with Crippen molar-refractivity contribution < 1.29 is 14.4 Å². The van der Waals surface area contributed by atoms with E-state index in [-0.39, 0.29) is 5.69 Å². The predicted octanol–water partition coefficient (Wildman–Crippen LogP) is 1.42. The van der Waals surface area contributed by atoms with Gasteiger partial charge < -0.3 is 14.4 Å². The molecule has 0 atom stereocenters. The van der Waals surface area contributed by atoms with E-state index in [0.717, 1.165) is 6.42 Å².